The number of carbonyl (C=O) groups excluding carboxylic acids is 1. The lowest BCUT2D eigenvalue weighted by atomic mass is 9.93. The average Bonchev–Trinajstić information content (AvgIpc) is 3.34. The Morgan fingerprint density at radius 1 is 0.973 bits per heavy atom. The van der Waals surface area contributed by atoms with Crippen molar-refractivity contribution in [2.45, 2.75) is 115 Å². The van der Waals surface area contributed by atoms with Gasteiger partial charge in [0.2, 0.25) is 15.0 Å². The van der Waals surface area contributed by atoms with E-state index in [0.717, 1.165) is 48.7 Å². The van der Waals surface area contributed by atoms with E-state index in [4.69, 9.17) is 0 Å². The molecule has 0 bridgehead atoms. The number of rotatable bonds is 17. The maximum absolute atomic E-state index is 12.8. The van der Waals surface area contributed by atoms with Gasteiger partial charge in [0.25, 0.3) is 5.16 Å². The summed E-state index contributed by atoms with van der Waals surface area (Å²) in [6, 6.07) is 6.36. The second-order valence-corrected chi connectivity index (χ2v) is 12.9. The number of sulfone groups is 1. The summed E-state index contributed by atoms with van der Waals surface area (Å²) in [6.07, 6.45) is 11.3. The van der Waals surface area contributed by atoms with E-state index in [1.54, 1.807) is 12.1 Å². The first kappa shape index (κ1) is 31.0. The maximum Gasteiger partial charge on any atom is 0.333 e. The van der Waals surface area contributed by atoms with Crippen LogP contribution in [0, 0.1) is 18.8 Å². The highest BCUT2D eigenvalue weighted by atomic mass is 32.2. The maximum atomic E-state index is 12.8. The van der Waals surface area contributed by atoms with Crippen molar-refractivity contribution < 1.29 is 13.2 Å². The molecule has 1 aromatic carbocycles. The van der Waals surface area contributed by atoms with Gasteiger partial charge >= 0.3 is 6.03 Å². The highest BCUT2D eigenvalue weighted by Crippen LogP contribution is 2.22. The van der Waals surface area contributed by atoms with Crippen LogP contribution in [0.5, 0.6) is 0 Å². The molecule has 2 rings (SSSR count). The van der Waals surface area contributed by atoms with Gasteiger partial charge in [-0.05, 0) is 55.7 Å². The summed E-state index contributed by atoms with van der Waals surface area (Å²) in [5.41, 5.74) is 6.13. The molecule has 2 amide bonds. The number of nitrogens with one attached hydrogen (secondary N) is 3. The lowest BCUT2D eigenvalue weighted by molar-refractivity contribution is 0.235. The standard InChI is InChI=1S/C27H45N5O3S2/c1-6-11-20(3)13-8-9-15-23(18-17-21(4)12-7-2)28-25(33)30-31-26-29-27(32-36-26)37(34,35)24-16-10-14-22(5)19-24/h10,14,16,19-21,23H,6-9,11-13,15,17-18H2,1-5H3,(H2,28,30,33)(H,29,31,32). The second-order valence-electron chi connectivity index (χ2n) is 10.3. The van der Waals surface area contributed by atoms with E-state index in [1.165, 1.54) is 44.6 Å². The molecular formula is C27H45N5O3S2. The van der Waals surface area contributed by atoms with Crippen LogP contribution in [0.4, 0.5) is 9.93 Å². The molecular weight excluding hydrogens is 506 g/mol. The Kier molecular flexibility index (Phi) is 13.3. The minimum Gasteiger partial charge on any atom is -0.334 e. The predicted octanol–water partition coefficient (Wildman–Crippen LogP) is 6.89. The third-order valence-corrected chi connectivity index (χ3v) is 8.92. The van der Waals surface area contributed by atoms with Crippen LogP contribution in [0.3, 0.4) is 0 Å². The molecule has 0 aliphatic rings. The second kappa shape index (κ2) is 15.9. The molecule has 0 aliphatic carbocycles. The van der Waals surface area contributed by atoms with Gasteiger partial charge in [0.1, 0.15) is 0 Å². The molecule has 208 valence electrons. The summed E-state index contributed by atoms with van der Waals surface area (Å²) in [7, 11) is -3.82. The number of urea groups is 1. The van der Waals surface area contributed by atoms with Gasteiger partial charge in [-0.25, -0.2) is 18.6 Å². The molecule has 0 fully saturated rings. The van der Waals surface area contributed by atoms with Crippen LogP contribution in [0.15, 0.2) is 34.3 Å². The third kappa shape index (κ3) is 11.0. The largest absolute Gasteiger partial charge is 0.334 e. The number of hydrogen-bond acceptors (Lipinski definition) is 7. The van der Waals surface area contributed by atoms with Crippen LogP contribution in [-0.4, -0.2) is 29.8 Å². The fraction of sp³-hybridized carbons (Fsp3) is 0.667. The number of hydrazine groups is 1. The Balaban J connectivity index is 1.90. The molecule has 3 N–H and O–H groups in total. The highest BCUT2D eigenvalue weighted by molar-refractivity contribution is 7.91. The lowest BCUT2D eigenvalue weighted by Crippen LogP contribution is -2.44. The van der Waals surface area contributed by atoms with Crippen molar-refractivity contribution in [2.24, 2.45) is 11.8 Å². The first-order chi connectivity index (χ1) is 17.6. The molecule has 0 radical (unpaired) electrons. The Hall–Kier alpha value is -2.20. The molecule has 0 saturated carbocycles. The van der Waals surface area contributed by atoms with Crippen LogP contribution in [-0.2, 0) is 9.84 Å². The highest BCUT2D eigenvalue weighted by Gasteiger charge is 2.23. The van der Waals surface area contributed by atoms with Gasteiger partial charge in [-0.15, -0.1) is 0 Å². The summed E-state index contributed by atoms with van der Waals surface area (Å²) in [6.45, 7) is 10.8. The zero-order valence-corrected chi connectivity index (χ0v) is 24.7. The minimum atomic E-state index is -3.82. The Labute approximate surface area is 227 Å². The number of amides is 2. The SMILES string of the molecule is CCCC(C)CCCCC(CCC(C)CCC)NC(=O)NNc1nc(S(=O)(=O)c2cccc(C)c2)ns1. The third-order valence-electron chi connectivity index (χ3n) is 6.64. The Bertz CT molecular complexity index is 1060. The molecule has 8 nitrogen and oxygen atoms in total. The van der Waals surface area contributed by atoms with Crippen molar-refractivity contribution in [1.29, 1.82) is 0 Å². The summed E-state index contributed by atoms with van der Waals surface area (Å²) >= 11 is 0.885. The zero-order valence-electron chi connectivity index (χ0n) is 23.0. The molecule has 0 saturated heterocycles. The fourth-order valence-electron chi connectivity index (χ4n) is 4.52. The van der Waals surface area contributed by atoms with E-state index >= 15 is 0 Å². The number of aromatic nitrogens is 2. The summed E-state index contributed by atoms with van der Waals surface area (Å²) < 4.78 is 29.6. The molecule has 37 heavy (non-hydrogen) atoms. The predicted molar refractivity (Wildman–Crippen MR) is 151 cm³/mol. The first-order valence-corrected chi connectivity index (χ1v) is 15.9. The topological polar surface area (TPSA) is 113 Å². The van der Waals surface area contributed by atoms with Crippen LogP contribution in [0.25, 0.3) is 0 Å². The smallest absolute Gasteiger partial charge is 0.333 e. The molecule has 3 atom stereocenters. The van der Waals surface area contributed by atoms with Crippen molar-refractivity contribution in [2.75, 3.05) is 5.43 Å². The molecule has 1 aromatic heterocycles. The van der Waals surface area contributed by atoms with Gasteiger partial charge in [0.05, 0.1) is 4.90 Å². The number of carbonyl (C=O) groups is 1. The minimum absolute atomic E-state index is 0.0919. The van der Waals surface area contributed by atoms with E-state index < -0.39 is 9.84 Å². The van der Waals surface area contributed by atoms with Gasteiger partial charge in [0, 0.05) is 17.6 Å². The summed E-state index contributed by atoms with van der Waals surface area (Å²) in [5.74, 6) is 1.38. The van der Waals surface area contributed by atoms with Crippen LogP contribution in [0.2, 0.25) is 0 Å². The van der Waals surface area contributed by atoms with E-state index in [-0.39, 0.29) is 27.3 Å². The quantitative estimate of drug-likeness (QED) is 0.146. The van der Waals surface area contributed by atoms with Gasteiger partial charge < -0.3 is 5.32 Å². The van der Waals surface area contributed by atoms with Gasteiger partial charge in [0.15, 0.2) is 0 Å². The fourth-order valence-corrected chi connectivity index (χ4v) is 6.53. The van der Waals surface area contributed by atoms with E-state index in [1.807, 2.05) is 13.0 Å². The van der Waals surface area contributed by atoms with Crippen molar-refractivity contribution >= 4 is 32.5 Å². The van der Waals surface area contributed by atoms with Crippen LogP contribution < -0.4 is 16.2 Å². The molecule has 0 aliphatic heterocycles. The van der Waals surface area contributed by atoms with Gasteiger partial charge in [-0.2, -0.15) is 9.36 Å². The zero-order chi connectivity index (χ0) is 27.3. The Morgan fingerprint density at radius 2 is 1.65 bits per heavy atom. The molecule has 10 heteroatoms. The summed E-state index contributed by atoms with van der Waals surface area (Å²) in [4.78, 5) is 16.9. The number of hydrogen-bond donors (Lipinski definition) is 3. The van der Waals surface area contributed by atoms with Gasteiger partial charge in [-0.1, -0.05) is 84.8 Å². The van der Waals surface area contributed by atoms with Crippen molar-refractivity contribution in [3.05, 3.63) is 29.8 Å². The number of aryl methyl sites for hydroxylation is 1. The lowest BCUT2D eigenvalue weighted by Gasteiger charge is -2.21. The van der Waals surface area contributed by atoms with Crippen molar-refractivity contribution in [3.8, 4) is 0 Å². The first-order valence-electron chi connectivity index (χ1n) is 13.6. The van der Waals surface area contributed by atoms with Gasteiger partial charge in [-0.3, -0.25) is 5.43 Å². The number of nitrogens with zero attached hydrogens (tertiary/aromatic N) is 2. The molecule has 2 aromatic rings. The molecule has 3 unspecified atom stereocenters. The van der Waals surface area contributed by atoms with E-state index in [2.05, 4.69) is 53.2 Å². The summed E-state index contributed by atoms with van der Waals surface area (Å²) in [5, 5.41) is 3.02. The Morgan fingerprint density at radius 3 is 2.32 bits per heavy atom. The van der Waals surface area contributed by atoms with Crippen molar-refractivity contribution in [3.63, 3.8) is 0 Å². The number of anilines is 1. The van der Waals surface area contributed by atoms with Crippen LogP contribution in [0.1, 0.15) is 97.5 Å². The number of unbranched alkanes of at least 4 members (excludes halogenated alkanes) is 1. The average molecular weight is 552 g/mol. The normalized spacial score (nSPS) is 14.1. The molecule has 1 heterocycles. The number of benzene rings is 1. The van der Waals surface area contributed by atoms with Crippen molar-refractivity contribution in [1.82, 2.24) is 20.1 Å². The van der Waals surface area contributed by atoms with E-state index in [9.17, 15) is 13.2 Å². The monoisotopic (exact) mass is 551 g/mol. The molecule has 0 spiro atoms. The van der Waals surface area contributed by atoms with E-state index in [0.29, 0.717) is 5.92 Å². The van der Waals surface area contributed by atoms with Crippen LogP contribution >= 0.6 is 11.5 Å².